The zero-order valence-electron chi connectivity index (χ0n) is 18.1. The van der Waals surface area contributed by atoms with E-state index in [4.69, 9.17) is 19.4 Å². The van der Waals surface area contributed by atoms with Gasteiger partial charge in [-0.2, -0.15) is 0 Å². The van der Waals surface area contributed by atoms with E-state index in [-0.39, 0.29) is 6.16 Å². The van der Waals surface area contributed by atoms with Crippen LogP contribution in [0.5, 0.6) is 11.5 Å². The number of methoxy groups -OCH3 is 2. The van der Waals surface area contributed by atoms with Gasteiger partial charge in [-0.15, -0.1) is 0 Å². The molecule has 0 unspecified atom stereocenters. The molecule has 0 radical (unpaired) electrons. The third kappa shape index (κ3) is 4.02. The Morgan fingerprint density at radius 3 is 2.36 bits per heavy atom. The maximum Gasteiger partial charge on any atom is 0.169 e. The number of hydrogen-bond acceptors (Lipinski definition) is 7. The molecule has 0 saturated carbocycles. The standard InChI is InChI=1S/C23H22N5O4P/c1-31-19-9-17-18(10-20(19)32-2)26-23(27-8-7-24-13-27)21-22(17)28(14-25-21)11-15-3-5-16(6-4-15)12-33(29)30/h3-10,13-14,29-30H,11-12H2,1-2H3. The third-order valence-electron chi connectivity index (χ3n) is 5.48. The largest absolute Gasteiger partial charge is 0.493 e. The summed E-state index contributed by atoms with van der Waals surface area (Å²) < 4.78 is 14.9. The Balaban J connectivity index is 1.68. The smallest absolute Gasteiger partial charge is 0.169 e. The highest BCUT2D eigenvalue weighted by molar-refractivity contribution is 7.44. The van der Waals surface area contributed by atoms with E-state index in [1.54, 1.807) is 33.1 Å². The molecule has 168 valence electrons. The van der Waals surface area contributed by atoms with Crippen LogP contribution in [0.2, 0.25) is 0 Å². The van der Waals surface area contributed by atoms with Crippen LogP contribution in [0, 0.1) is 0 Å². The van der Waals surface area contributed by atoms with Crippen LogP contribution in [0.1, 0.15) is 11.1 Å². The fraction of sp³-hybridized carbons (Fsp3) is 0.174. The van der Waals surface area contributed by atoms with Crippen molar-refractivity contribution in [3.8, 4) is 17.3 Å². The molecule has 2 N–H and O–H groups in total. The highest BCUT2D eigenvalue weighted by atomic mass is 31.2. The SMILES string of the molecule is COc1cc2nc(-n3ccnc3)c3ncn(Cc4ccc(CP(O)O)cc4)c3c2cc1OC. The van der Waals surface area contributed by atoms with E-state index in [0.717, 1.165) is 33.1 Å². The second-order valence-electron chi connectivity index (χ2n) is 7.55. The number of aromatic nitrogens is 5. The van der Waals surface area contributed by atoms with Crippen LogP contribution >= 0.6 is 8.38 Å². The zero-order valence-corrected chi connectivity index (χ0v) is 19.0. The van der Waals surface area contributed by atoms with Crippen LogP contribution in [0.3, 0.4) is 0 Å². The molecular weight excluding hydrogens is 441 g/mol. The van der Waals surface area contributed by atoms with Crippen molar-refractivity contribution in [2.75, 3.05) is 14.2 Å². The van der Waals surface area contributed by atoms with Gasteiger partial charge in [-0.3, -0.25) is 4.57 Å². The molecule has 9 nitrogen and oxygen atoms in total. The number of nitrogens with zero attached hydrogens (tertiary/aromatic N) is 5. The first-order valence-electron chi connectivity index (χ1n) is 10.2. The molecule has 0 aliphatic rings. The predicted molar refractivity (Wildman–Crippen MR) is 126 cm³/mol. The van der Waals surface area contributed by atoms with E-state index < -0.39 is 8.38 Å². The molecule has 2 aromatic carbocycles. The molecule has 0 bridgehead atoms. The van der Waals surface area contributed by atoms with Gasteiger partial charge in [0.15, 0.2) is 25.7 Å². The first-order chi connectivity index (χ1) is 16.1. The lowest BCUT2D eigenvalue weighted by molar-refractivity contribution is 0.356. The van der Waals surface area contributed by atoms with Crippen molar-refractivity contribution in [3.05, 3.63) is 72.6 Å². The van der Waals surface area contributed by atoms with Crippen LogP contribution in [0.25, 0.3) is 27.8 Å². The monoisotopic (exact) mass is 463 g/mol. The van der Waals surface area contributed by atoms with Gasteiger partial charge in [-0.25, -0.2) is 15.0 Å². The summed E-state index contributed by atoms with van der Waals surface area (Å²) in [6, 6.07) is 11.6. The van der Waals surface area contributed by atoms with Gasteiger partial charge in [-0.05, 0) is 17.2 Å². The fourth-order valence-corrected chi connectivity index (χ4v) is 4.48. The van der Waals surface area contributed by atoms with Gasteiger partial charge >= 0.3 is 0 Å². The molecule has 0 fully saturated rings. The number of hydrogen-bond donors (Lipinski definition) is 2. The number of rotatable bonds is 7. The lowest BCUT2D eigenvalue weighted by atomic mass is 10.1. The molecule has 33 heavy (non-hydrogen) atoms. The molecule has 0 aliphatic carbocycles. The van der Waals surface area contributed by atoms with Crippen molar-refractivity contribution in [1.29, 1.82) is 0 Å². The maximum absolute atomic E-state index is 9.26. The first-order valence-corrected chi connectivity index (χ1v) is 11.6. The molecule has 5 rings (SSSR count). The molecule has 0 aliphatic heterocycles. The Bertz CT molecular complexity index is 1420. The molecular formula is C23H22N5O4P. The number of benzene rings is 2. The van der Waals surface area contributed by atoms with Crippen LogP contribution in [-0.4, -0.2) is 48.1 Å². The average Bonchev–Trinajstić information content (AvgIpc) is 3.49. The minimum Gasteiger partial charge on any atom is -0.493 e. The van der Waals surface area contributed by atoms with E-state index in [0.29, 0.717) is 23.9 Å². The molecule has 0 amide bonds. The van der Waals surface area contributed by atoms with Gasteiger partial charge in [0.05, 0.1) is 31.6 Å². The van der Waals surface area contributed by atoms with Crippen molar-refractivity contribution in [2.45, 2.75) is 12.7 Å². The van der Waals surface area contributed by atoms with Crippen molar-refractivity contribution in [3.63, 3.8) is 0 Å². The Hall–Kier alpha value is -3.52. The van der Waals surface area contributed by atoms with Crippen molar-refractivity contribution < 1.29 is 19.3 Å². The third-order valence-corrected chi connectivity index (χ3v) is 6.13. The summed E-state index contributed by atoms with van der Waals surface area (Å²) in [6.07, 6.45) is 7.30. The minimum atomic E-state index is -1.95. The number of fused-ring (bicyclic) bond motifs is 3. The van der Waals surface area contributed by atoms with E-state index in [9.17, 15) is 9.79 Å². The highest BCUT2D eigenvalue weighted by Gasteiger charge is 2.18. The molecule has 0 atom stereocenters. The number of ether oxygens (including phenoxy) is 2. The summed E-state index contributed by atoms with van der Waals surface area (Å²) in [7, 11) is 1.26. The normalized spacial score (nSPS) is 11.5. The van der Waals surface area contributed by atoms with Crippen LogP contribution < -0.4 is 9.47 Å². The first kappa shape index (κ1) is 21.3. The van der Waals surface area contributed by atoms with Gasteiger partial charge in [-0.1, -0.05) is 24.3 Å². The number of imidazole rings is 2. The minimum absolute atomic E-state index is 0.260. The Kier molecular flexibility index (Phi) is 5.68. The Morgan fingerprint density at radius 1 is 0.970 bits per heavy atom. The van der Waals surface area contributed by atoms with Gasteiger partial charge in [0.2, 0.25) is 0 Å². The average molecular weight is 463 g/mol. The summed E-state index contributed by atoms with van der Waals surface area (Å²) in [5.41, 5.74) is 4.37. The summed E-state index contributed by atoms with van der Waals surface area (Å²) in [6.45, 7) is 0.584. The van der Waals surface area contributed by atoms with Gasteiger partial charge in [0.1, 0.15) is 11.8 Å². The molecule has 0 spiro atoms. The molecule has 3 aromatic heterocycles. The van der Waals surface area contributed by atoms with E-state index >= 15 is 0 Å². The molecule has 10 heteroatoms. The van der Waals surface area contributed by atoms with Gasteiger partial charge in [0, 0.05) is 36.6 Å². The zero-order chi connectivity index (χ0) is 22.9. The number of pyridine rings is 1. The Morgan fingerprint density at radius 2 is 1.70 bits per heavy atom. The van der Waals surface area contributed by atoms with Crippen molar-refractivity contribution >= 4 is 30.3 Å². The quantitative estimate of drug-likeness (QED) is 0.355. The van der Waals surface area contributed by atoms with Crippen LogP contribution in [-0.2, 0) is 12.7 Å². The van der Waals surface area contributed by atoms with Crippen LogP contribution in [0.15, 0.2) is 61.4 Å². The predicted octanol–water partition coefficient (Wildman–Crippen LogP) is 3.63. The van der Waals surface area contributed by atoms with E-state index in [2.05, 4.69) is 9.55 Å². The fourth-order valence-electron chi connectivity index (χ4n) is 3.94. The summed E-state index contributed by atoms with van der Waals surface area (Å²) >= 11 is 0. The van der Waals surface area contributed by atoms with Gasteiger partial charge in [0.25, 0.3) is 0 Å². The van der Waals surface area contributed by atoms with E-state index in [1.165, 1.54) is 0 Å². The topological polar surface area (TPSA) is 107 Å². The van der Waals surface area contributed by atoms with Crippen molar-refractivity contribution in [2.24, 2.45) is 0 Å². The Labute approximate surface area is 190 Å². The highest BCUT2D eigenvalue weighted by Crippen LogP contribution is 2.36. The molecule has 0 saturated heterocycles. The lowest BCUT2D eigenvalue weighted by Crippen LogP contribution is -2.02. The molecule has 5 aromatic rings. The summed E-state index contributed by atoms with van der Waals surface area (Å²) in [5.74, 6) is 1.89. The molecule has 3 heterocycles. The van der Waals surface area contributed by atoms with Crippen molar-refractivity contribution in [1.82, 2.24) is 24.1 Å². The van der Waals surface area contributed by atoms with Gasteiger partial charge < -0.3 is 23.8 Å². The maximum atomic E-state index is 9.26. The second kappa shape index (κ2) is 8.78. The summed E-state index contributed by atoms with van der Waals surface area (Å²) in [5, 5.41) is 0.895. The van der Waals surface area contributed by atoms with Crippen LogP contribution in [0.4, 0.5) is 0 Å². The lowest BCUT2D eigenvalue weighted by Gasteiger charge is -2.13. The summed E-state index contributed by atoms with van der Waals surface area (Å²) in [4.78, 5) is 32.2. The second-order valence-corrected chi connectivity index (χ2v) is 8.61. The van der Waals surface area contributed by atoms with E-state index in [1.807, 2.05) is 47.2 Å².